The molecular formula is C13H3F12O4-. The minimum atomic E-state index is -6.98. The van der Waals surface area contributed by atoms with Crippen molar-refractivity contribution < 1.29 is 72.1 Å². The van der Waals surface area contributed by atoms with Gasteiger partial charge in [-0.05, 0) is 18.2 Å². The Kier molecular flexibility index (Phi) is 5.86. The molecule has 0 bridgehead atoms. The van der Waals surface area contributed by atoms with Crippen LogP contribution in [0.25, 0.3) is 0 Å². The summed E-state index contributed by atoms with van der Waals surface area (Å²) < 4.78 is 158. The van der Waals surface area contributed by atoms with E-state index in [1.807, 2.05) is 0 Å². The Balaban J connectivity index is 3.37. The second kappa shape index (κ2) is 6.98. The second-order valence-corrected chi connectivity index (χ2v) is 5.10. The molecule has 0 spiro atoms. The smallest absolute Gasteiger partial charge is 0.417 e. The van der Waals surface area contributed by atoms with E-state index in [9.17, 15) is 67.4 Å². The number of carboxylic acid groups (broad SMARTS) is 1. The first-order chi connectivity index (χ1) is 12.7. The van der Waals surface area contributed by atoms with Gasteiger partial charge in [0.15, 0.2) is 0 Å². The normalized spacial score (nSPS) is 13.9. The average molecular weight is 451 g/mol. The van der Waals surface area contributed by atoms with Crippen LogP contribution in [-0.2, 0) is 21.9 Å². The third-order valence-electron chi connectivity index (χ3n) is 3.11. The standard InChI is InChI=1S/C13H4F12O4/c14-9(15,7(26)27)13(24,25)10(16,17)8(28)29-4-1-2-5(11(18,19)20)6(3-4)12(21,22)23/h1-3H,(H,26,27)/p-1. The molecule has 0 fully saturated rings. The summed E-state index contributed by atoms with van der Waals surface area (Å²) in [6.45, 7) is 0. The average Bonchev–Trinajstić information content (AvgIpc) is 2.52. The highest BCUT2D eigenvalue weighted by molar-refractivity contribution is 5.84. The van der Waals surface area contributed by atoms with E-state index in [2.05, 4.69) is 4.74 Å². The predicted octanol–water partition coefficient (Wildman–Crippen LogP) is 3.29. The fourth-order valence-corrected chi connectivity index (χ4v) is 1.69. The maximum absolute atomic E-state index is 13.3. The van der Waals surface area contributed by atoms with Crippen LogP contribution in [0.1, 0.15) is 11.1 Å². The molecule has 0 unspecified atom stereocenters. The van der Waals surface area contributed by atoms with Gasteiger partial charge in [0.2, 0.25) is 0 Å². The summed E-state index contributed by atoms with van der Waals surface area (Å²) in [5.74, 6) is -29.7. The van der Waals surface area contributed by atoms with Crippen LogP contribution < -0.4 is 9.84 Å². The molecule has 1 rings (SSSR count). The molecule has 0 saturated heterocycles. The second-order valence-electron chi connectivity index (χ2n) is 5.10. The Morgan fingerprint density at radius 1 is 0.724 bits per heavy atom. The minimum Gasteiger partial charge on any atom is -0.544 e. The Bertz CT molecular complexity index is 809. The number of rotatable bonds is 5. The maximum Gasteiger partial charge on any atom is 0.417 e. The van der Waals surface area contributed by atoms with Crippen molar-refractivity contribution in [3.05, 3.63) is 29.3 Å². The quantitative estimate of drug-likeness (QED) is 0.392. The fraction of sp³-hybridized carbons (Fsp3) is 0.385. The van der Waals surface area contributed by atoms with Gasteiger partial charge in [0, 0.05) is 0 Å². The van der Waals surface area contributed by atoms with Crippen LogP contribution in [0.5, 0.6) is 5.75 Å². The van der Waals surface area contributed by atoms with Gasteiger partial charge in [0.25, 0.3) is 0 Å². The van der Waals surface area contributed by atoms with E-state index in [4.69, 9.17) is 0 Å². The topological polar surface area (TPSA) is 66.4 Å². The van der Waals surface area contributed by atoms with E-state index in [0.29, 0.717) is 0 Å². The lowest BCUT2D eigenvalue weighted by atomic mass is 10.0. The molecule has 16 heteroatoms. The molecular weight excluding hydrogens is 448 g/mol. The van der Waals surface area contributed by atoms with E-state index in [-0.39, 0.29) is 6.07 Å². The first-order valence-corrected chi connectivity index (χ1v) is 6.53. The summed E-state index contributed by atoms with van der Waals surface area (Å²) in [5.41, 5.74) is -4.95. The van der Waals surface area contributed by atoms with Gasteiger partial charge in [-0.1, -0.05) is 0 Å². The summed E-state index contributed by atoms with van der Waals surface area (Å²) in [5, 5.41) is 9.92. The molecule has 0 aliphatic rings. The zero-order valence-corrected chi connectivity index (χ0v) is 12.9. The summed E-state index contributed by atoms with van der Waals surface area (Å²) in [7, 11) is 0. The monoisotopic (exact) mass is 451 g/mol. The highest BCUT2D eigenvalue weighted by Crippen LogP contribution is 2.47. The van der Waals surface area contributed by atoms with Crippen LogP contribution in [0, 0.1) is 0 Å². The van der Waals surface area contributed by atoms with Crippen molar-refractivity contribution in [2.75, 3.05) is 0 Å². The lowest BCUT2D eigenvalue weighted by Gasteiger charge is -2.31. The van der Waals surface area contributed by atoms with Gasteiger partial charge in [-0.2, -0.15) is 52.7 Å². The molecule has 164 valence electrons. The zero-order chi connectivity index (χ0) is 23.2. The molecule has 0 N–H and O–H groups in total. The van der Waals surface area contributed by atoms with E-state index in [1.54, 1.807) is 0 Å². The van der Waals surface area contributed by atoms with Gasteiger partial charge >= 0.3 is 36.1 Å². The van der Waals surface area contributed by atoms with Gasteiger partial charge < -0.3 is 14.6 Å². The van der Waals surface area contributed by atoms with Crippen LogP contribution in [0.2, 0.25) is 0 Å². The number of ether oxygens (including phenoxy) is 1. The molecule has 4 nitrogen and oxygen atoms in total. The molecule has 0 aliphatic heterocycles. The van der Waals surface area contributed by atoms with Gasteiger partial charge in [0.05, 0.1) is 11.1 Å². The summed E-state index contributed by atoms with van der Waals surface area (Å²) in [4.78, 5) is 21.0. The number of aliphatic carboxylic acids is 1. The molecule has 0 amide bonds. The number of halogens is 12. The highest BCUT2D eigenvalue weighted by Gasteiger charge is 2.76. The molecule has 0 heterocycles. The minimum absolute atomic E-state index is 0.166. The number of hydrogen-bond acceptors (Lipinski definition) is 4. The van der Waals surface area contributed by atoms with Crippen molar-refractivity contribution in [1.82, 2.24) is 0 Å². The molecule has 0 aromatic heterocycles. The molecule has 0 atom stereocenters. The Hall–Kier alpha value is -2.68. The number of carboxylic acids is 1. The van der Waals surface area contributed by atoms with Crippen LogP contribution in [0.15, 0.2) is 18.2 Å². The van der Waals surface area contributed by atoms with Crippen LogP contribution in [0.4, 0.5) is 52.7 Å². The summed E-state index contributed by atoms with van der Waals surface area (Å²) >= 11 is 0. The van der Waals surface area contributed by atoms with Crippen molar-refractivity contribution in [1.29, 1.82) is 0 Å². The number of benzene rings is 1. The van der Waals surface area contributed by atoms with Gasteiger partial charge in [0.1, 0.15) is 11.7 Å². The van der Waals surface area contributed by atoms with Crippen LogP contribution >= 0.6 is 0 Å². The van der Waals surface area contributed by atoms with Crippen LogP contribution in [0.3, 0.4) is 0 Å². The van der Waals surface area contributed by atoms with Gasteiger partial charge in [-0.15, -0.1) is 0 Å². The maximum atomic E-state index is 13.3. The lowest BCUT2D eigenvalue weighted by Crippen LogP contribution is -2.64. The van der Waals surface area contributed by atoms with E-state index in [1.165, 1.54) is 0 Å². The van der Waals surface area contributed by atoms with E-state index in [0.717, 1.165) is 0 Å². The molecule has 0 radical (unpaired) electrons. The number of alkyl halides is 12. The third kappa shape index (κ3) is 4.34. The Morgan fingerprint density at radius 2 is 1.17 bits per heavy atom. The first-order valence-electron chi connectivity index (χ1n) is 6.53. The summed E-state index contributed by atoms with van der Waals surface area (Å²) in [6.07, 6.45) is -11.4. The Labute approximate surface area is 150 Å². The summed E-state index contributed by atoms with van der Waals surface area (Å²) in [6, 6.07) is -1.25. The van der Waals surface area contributed by atoms with Crippen molar-refractivity contribution in [2.24, 2.45) is 0 Å². The fourth-order valence-electron chi connectivity index (χ4n) is 1.69. The number of carbonyl (C=O) groups excluding carboxylic acids is 2. The van der Waals surface area contributed by atoms with Crippen molar-refractivity contribution in [2.45, 2.75) is 30.1 Å². The zero-order valence-electron chi connectivity index (χ0n) is 12.9. The largest absolute Gasteiger partial charge is 0.544 e. The van der Waals surface area contributed by atoms with E-state index >= 15 is 0 Å². The lowest BCUT2D eigenvalue weighted by molar-refractivity contribution is -0.365. The number of esters is 1. The highest BCUT2D eigenvalue weighted by atomic mass is 19.4. The third-order valence-corrected chi connectivity index (χ3v) is 3.11. The van der Waals surface area contributed by atoms with E-state index < -0.39 is 71.1 Å². The molecule has 1 aromatic carbocycles. The van der Waals surface area contributed by atoms with Crippen molar-refractivity contribution in [3.63, 3.8) is 0 Å². The number of hydrogen-bond donors (Lipinski definition) is 0. The van der Waals surface area contributed by atoms with Crippen molar-refractivity contribution >= 4 is 11.9 Å². The van der Waals surface area contributed by atoms with Crippen molar-refractivity contribution in [3.8, 4) is 5.75 Å². The van der Waals surface area contributed by atoms with Gasteiger partial charge in [-0.3, -0.25) is 0 Å². The number of carbonyl (C=O) groups is 2. The molecule has 0 aliphatic carbocycles. The molecule has 29 heavy (non-hydrogen) atoms. The van der Waals surface area contributed by atoms with Gasteiger partial charge in [-0.25, -0.2) is 4.79 Å². The first kappa shape index (κ1) is 24.4. The molecule has 0 saturated carbocycles. The SMILES string of the molecule is O=C([O-])C(F)(F)C(F)(F)C(F)(F)C(=O)Oc1ccc(C(F)(F)F)c(C(F)(F)F)c1. The van der Waals surface area contributed by atoms with Crippen LogP contribution in [-0.4, -0.2) is 29.7 Å². The predicted molar refractivity (Wildman–Crippen MR) is 61.9 cm³/mol. The molecule has 1 aromatic rings. The Morgan fingerprint density at radius 3 is 1.55 bits per heavy atom.